The van der Waals surface area contributed by atoms with Crippen LogP contribution in [-0.4, -0.2) is 36.3 Å². The lowest BCUT2D eigenvalue weighted by Crippen LogP contribution is -2.32. The number of benzene rings is 2. The second kappa shape index (κ2) is 8.14. The van der Waals surface area contributed by atoms with Crippen molar-refractivity contribution in [2.75, 3.05) is 19.6 Å². The molecule has 0 bridgehead atoms. The van der Waals surface area contributed by atoms with Crippen molar-refractivity contribution in [3.8, 4) is 11.1 Å². The third-order valence-corrected chi connectivity index (χ3v) is 5.64. The fourth-order valence-corrected chi connectivity index (χ4v) is 4.05. The Bertz CT molecular complexity index is 1180. The van der Waals surface area contributed by atoms with E-state index >= 15 is 0 Å². The number of nitrogens with one attached hydrogen (secondary N) is 1. The summed E-state index contributed by atoms with van der Waals surface area (Å²) in [6.45, 7) is 5.31. The largest absolute Gasteiger partial charge is 0.423 e. The normalized spacial score (nSPS) is 16.1. The Labute approximate surface area is 174 Å². The van der Waals surface area contributed by atoms with Crippen LogP contribution in [0.25, 0.3) is 22.1 Å². The van der Waals surface area contributed by atoms with Crippen LogP contribution in [-0.2, 0) is 4.79 Å². The zero-order chi connectivity index (χ0) is 21.3. The average Bonchev–Trinajstić information content (AvgIpc) is 3.20. The first-order valence-electron chi connectivity index (χ1n) is 10.1. The highest BCUT2D eigenvalue weighted by molar-refractivity contribution is 6.01. The van der Waals surface area contributed by atoms with Crippen molar-refractivity contribution in [3.63, 3.8) is 0 Å². The Morgan fingerprint density at radius 1 is 1.13 bits per heavy atom. The molecule has 1 aliphatic heterocycles. The molecule has 0 aliphatic carbocycles. The number of carbonyl (C=O) groups excluding carboxylic acids is 2. The van der Waals surface area contributed by atoms with Gasteiger partial charge in [0.05, 0.1) is 0 Å². The predicted octanol–water partition coefficient (Wildman–Crippen LogP) is 3.37. The minimum Gasteiger partial charge on any atom is -0.423 e. The van der Waals surface area contributed by atoms with Crippen molar-refractivity contribution >= 4 is 22.8 Å². The van der Waals surface area contributed by atoms with Gasteiger partial charge in [-0.2, -0.15) is 0 Å². The lowest BCUT2D eigenvalue weighted by atomic mass is 9.97. The van der Waals surface area contributed by atoms with E-state index in [1.807, 2.05) is 37.3 Å². The predicted molar refractivity (Wildman–Crippen MR) is 115 cm³/mol. The molecule has 1 fully saturated rings. The van der Waals surface area contributed by atoms with Crippen molar-refractivity contribution in [2.24, 2.45) is 5.92 Å². The van der Waals surface area contributed by atoms with Crippen molar-refractivity contribution < 1.29 is 14.0 Å². The first kappa shape index (κ1) is 19.9. The molecule has 6 nitrogen and oxygen atoms in total. The van der Waals surface area contributed by atoms with Gasteiger partial charge in [-0.25, -0.2) is 4.79 Å². The van der Waals surface area contributed by atoms with Gasteiger partial charge in [0.2, 0.25) is 5.91 Å². The van der Waals surface area contributed by atoms with Gasteiger partial charge in [0, 0.05) is 49.1 Å². The smallest absolute Gasteiger partial charge is 0.336 e. The van der Waals surface area contributed by atoms with Crippen molar-refractivity contribution in [1.82, 2.24) is 10.2 Å². The van der Waals surface area contributed by atoms with E-state index in [4.69, 9.17) is 4.42 Å². The number of aryl methyl sites for hydroxylation is 1. The van der Waals surface area contributed by atoms with E-state index in [-0.39, 0.29) is 17.7 Å². The molecule has 1 atom stereocenters. The maximum Gasteiger partial charge on any atom is 0.336 e. The second-order valence-electron chi connectivity index (χ2n) is 7.85. The number of fused-ring (bicyclic) bond motifs is 1. The first-order valence-corrected chi connectivity index (χ1v) is 10.1. The molecule has 2 aromatic carbocycles. The summed E-state index contributed by atoms with van der Waals surface area (Å²) in [6.07, 6.45) is 0.853. The van der Waals surface area contributed by atoms with Crippen molar-refractivity contribution in [3.05, 3.63) is 70.1 Å². The van der Waals surface area contributed by atoms with Crippen LogP contribution in [0.2, 0.25) is 0 Å². The highest BCUT2D eigenvalue weighted by Gasteiger charge is 2.27. The van der Waals surface area contributed by atoms with Crippen molar-refractivity contribution in [1.29, 1.82) is 0 Å². The minimum atomic E-state index is -0.443. The fraction of sp³-hybridized carbons (Fsp3) is 0.292. The second-order valence-corrected chi connectivity index (χ2v) is 7.85. The van der Waals surface area contributed by atoms with Crippen LogP contribution in [0.4, 0.5) is 0 Å². The van der Waals surface area contributed by atoms with Crippen LogP contribution >= 0.6 is 0 Å². The summed E-state index contributed by atoms with van der Waals surface area (Å²) in [5.74, 6) is 0.101. The number of nitrogens with zero attached hydrogens (tertiary/aromatic N) is 1. The number of hydrogen-bond acceptors (Lipinski definition) is 4. The molecule has 1 saturated heterocycles. The summed E-state index contributed by atoms with van der Waals surface area (Å²) in [5.41, 5.74) is 3.28. The SMILES string of the molecule is CC(=O)NC[C@H]1CCN(C(=O)c2ccc3c(-c4ccccc4C)cc(=O)oc3c2)C1. The molecule has 2 heterocycles. The molecule has 0 radical (unpaired) electrons. The minimum absolute atomic E-state index is 0.0613. The van der Waals surface area contributed by atoms with Crippen molar-refractivity contribution in [2.45, 2.75) is 20.3 Å². The summed E-state index contributed by atoms with van der Waals surface area (Å²) in [5, 5.41) is 3.61. The van der Waals surface area contributed by atoms with Gasteiger partial charge in [-0.3, -0.25) is 9.59 Å². The van der Waals surface area contributed by atoms with E-state index in [1.165, 1.54) is 13.0 Å². The Kier molecular flexibility index (Phi) is 5.40. The Hall–Kier alpha value is -3.41. The molecule has 2 amide bonds. The van der Waals surface area contributed by atoms with Crippen LogP contribution < -0.4 is 10.9 Å². The van der Waals surface area contributed by atoms with Crippen LogP contribution in [0, 0.1) is 12.8 Å². The number of carbonyl (C=O) groups is 2. The number of amides is 2. The topological polar surface area (TPSA) is 79.6 Å². The maximum atomic E-state index is 13.0. The summed E-state index contributed by atoms with van der Waals surface area (Å²) in [7, 11) is 0. The zero-order valence-electron chi connectivity index (χ0n) is 17.1. The number of rotatable bonds is 4. The molecule has 1 aliphatic rings. The van der Waals surface area contributed by atoms with E-state index < -0.39 is 5.63 Å². The number of hydrogen-bond donors (Lipinski definition) is 1. The Morgan fingerprint density at radius 2 is 1.93 bits per heavy atom. The molecule has 4 rings (SSSR count). The van der Waals surface area contributed by atoms with E-state index in [2.05, 4.69) is 5.32 Å². The van der Waals surface area contributed by atoms with Gasteiger partial charge < -0.3 is 14.6 Å². The van der Waals surface area contributed by atoms with Gasteiger partial charge in [0.25, 0.3) is 5.91 Å². The van der Waals surface area contributed by atoms with Crippen LogP contribution in [0.5, 0.6) is 0 Å². The van der Waals surface area contributed by atoms with Crippen LogP contribution in [0.3, 0.4) is 0 Å². The molecule has 3 aromatic rings. The summed E-state index contributed by atoms with van der Waals surface area (Å²) in [6, 6.07) is 14.7. The highest BCUT2D eigenvalue weighted by atomic mass is 16.4. The van der Waals surface area contributed by atoms with Gasteiger partial charge in [-0.1, -0.05) is 24.3 Å². The average molecular weight is 404 g/mol. The van der Waals surface area contributed by atoms with Crippen LogP contribution in [0.1, 0.15) is 29.3 Å². The van der Waals surface area contributed by atoms with E-state index in [0.29, 0.717) is 30.8 Å². The third kappa shape index (κ3) is 3.99. The molecule has 0 spiro atoms. The summed E-state index contributed by atoms with van der Waals surface area (Å²) >= 11 is 0. The maximum absolute atomic E-state index is 13.0. The van der Waals surface area contributed by atoms with E-state index in [1.54, 1.807) is 17.0 Å². The Balaban J connectivity index is 1.63. The van der Waals surface area contributed by atoms with E-state index in [0.717, 1.165) is 28.5 Å². The molecule has 0 unspecified atom stereocenters. The molecule has 6 heteroatoms. The first-order chi connectivity index (χ1) is 14.4. The molecule has 1 N–H and O–H groups in total. The lowest BCUT2D eigenvalue weighted by molar-refractivity contribution is -0.119. The molecular weight excluding hydrogens is 380 g/mol. The van der Waals surface area contributed by atoms with Gasteiger partial charge in [0.1, 0.15) is 5.58 Å². The van der Waals surface area contributed by atoms with Gasteiger partial charge in [-0.05, 0) is 48.6 Å². The molecule has 0 saturated carbocycles. The Morgan fingerprint density at radius 3 is 2.70 bits per heavy atom. The molecule has 30 heavy (non-hydrogen) atoms. The highest BCUT2D eigenvalue weighted by Crippen LogP contribution is 2.30. The van der Waals surface area contributed by atoms with Gasteiger partial charge in [-0.15, -0.1) is 0 Å². The number of likely N-dealkylation sites (tertiary alicyclic amines) is 1. The van der Waals surface area contributed by atoms with Gasteiger partial charge in [0.15, 0.2) is 0 Å². The zero-order valence-corrected chi connectivity index (χ0v) is 17.1. The molecule has 1 aromatic heterocycles. The summed E-state index contributed by atoms with van der Waals surface area (Å²) < 4.78 is 5.43. The quantitative estimate of drug-likeness (QED) is 0.676. The third-order valence-electron chi connectivity index (χ3n) is 5.64. The molecule has 154 valence electrons. The van der Waals surface area contributed by atoms with Gasteiger partial charge >= 0.3 is 5.63 Å². The standard InChI is InChI=1S/C24H24N2O4/c1-15-5-3-4-6-19(15)21-12-23(28)30-22-11-18(7-8-20(21)22)24(29)26-10-9-17(14-26)13-25-16(2)27/h3-8,11-12,17H,9-10,13-14H2,1-2H3,(H,25,27)/t17-/m1/s1. The lowest BCUT2D eigenvalue weighted by Gasteiger charge is -2.17. The summed E-state index contributed by atoms with van der Waals surface area (Å²) in [4.78, 5) is 38.1. The molecular formula is C24H24N2O4. The van der Waals surface area contributed by atoms with Crippen LogP contribution in [0.15, 0.2) is 57.7 Å². The monoisotopic (exact) mass is 404 g/mol. The van der Waals surface area contributed by atoms with E-state index in [9.17, 15) is 14.4 Å². The fourth-order valence-electron chi connectivity index (χ4n) is 4.05.